The van der Waals surface area contributed by atoms with Crippen LogP contribution >= 0.6 is 8.73 Å². The standard InChI is InChI=1S/C22H25N4OP/c1-17-14-18(15-23)6-7-21(17)25-11-8-24(9-12-25)10-13-26-22(27)20-5-3-2-4-19(20)16-28-26/h2-7,14,28H,8-13,16H2,1H3. The molecule has 0 spiro atoms. The topological polar surface area (TPSA) is 50.6 Å². The molecule has 4 rings (SSSR count). The van der Waals surface area contributed by atoms with Crippen molar-refractivity contribution in [2.75, 3.05) is 44.2 Å². The molecule has 0 bridgehead atoms. The van der Waals surface area contributed by atoms with Gasteiger partial charge in [-0.3, -0.25) is 9.69 Å². The van der Waals surface area contributed by atoms with E-state index in [1.807, 2.05) is 35.0 Å². The summed E-state index contributed by atoms with van der Waals surface area (Å²) in [7, 11) is 0.551. The fourth-order valence-corrected chi connectivity index (χ4v) is 5.19. The normalized spacial score (nSPS) is 18.2. The van der Waals surface area contributed by atoms with Gasteiger partial charge in [0.25, 0.3) is 5.91 Å². The molecule has 6 heteroatoms. The summed E-state index contributed by atoms with van der Waals surface area (Å²) in [6.07, 6.45) is 0.980. The van der Waals surface area contributed by atoms with Gasteiger partial charge in [0.1, 0.15) is 0 Å². The van der Waals surface area contributed by atoms with E-state index in [0.717, 1.165) is 56.6 Å². The number of benzene rings is 2. The van der Waals surface area contributed by atoms with Crippen LogP contribution in [-0.4, -0.2) is 54.7 Å². The predicted molar refractivity (Wildman–Crippen MR) is 114 cm³/mol. The van der Waals surface area contributed by atoms with Gasteiger partial charge in [-0.1, -0.05) is 18.2 Å². The van der Waals surface area contributed by atoms with Crippen LogP contribution in [0, 0.1) is 18.3 Å². The SMILES string of the molecule is Cc1cc(C#N)ccc1N1CCN(CCN2PCc3ccccc3C2=O)CC1. The monoisotopic (exact) mass is 392 g/mol. The third kappa shape index (κ3) is 3.90. The number of piperazine rings is 1. The van der Waals surface area contributed by atoms with Crippen LogP contribution in [0.25, 0.3) is 0 Å². The molecule has 2 aliphatic rings. The van der Waals surface area contributed by atoms with Crippen LogP contribution in [-0.2, 0) is 6.16 Å². The van der Waals surface area contributed by atoms with E-state index in [1.165, 1.54) is 11.3 Å². The Bertz CT molecular complexity index is 915. The molecule has 0 radical (unpaired) electrons. The van der Waals surface area contributed by atoms with E-state index in [4.69, 9.17) is 5.26 Å². The summed E-state index contributed by atoms with van der Waals surface area (Å²) >= 11 is 0. The summed E-state index contributed by atoms with van der Waals surface area (Å²) in [4.78, 5) is 17.6. The minimum atomic E-state index is 0.187. The Morgan fingerprint density at radius 2 is 1.86 bits per heavy atom. The number of nitriles is 1. The molecule has 0 aliphatic carbocycles. The van der Waals surface area contributed by atoms with Crippen molar-refractivity contribution < 1.29 is 4.79 Å². The third-order valence-corrected chi connectivity index (χ3v) is 6.98. The lowest BCUT2D eigenvalue weighted by molar-refractivity contribution is 0.0851. The molecular formula is C22H25N4OP. The zero-order valence-electron chi connectivity index (χ0n) is 16.2. The number of carbonyl (C=O) groups is 1. The zero-order valence-corrected chi connectivity index (χ0v) is 17.2. The van der Waals surface area contributed by atoms with Crippen molar-refractivity contribution >= 4 is 20.3 Å². The fourth-order valence-electron chi connectivity index (χ4n) is 4.00. The Labute approximate surface area is 168 Å². The maximum Gasteiger partial charge on any atom is 0.257 e. The highest BCUT2D eigenvalue weighted by Gasteiger charge is 2.25. The molecule has 0 aromatic heterocycles. The quantitative estimate of drug-likeness (QED) is 0.750. The lowest BCUT2D eigenvalue weighted by Gasteiger charge is -2.38. The van der Waals surface area contributed by atoms with E-state index in [0.29, 0.717) is 14.3 Å². The van der Waals surface area contributed by atoms with E-state index >= 15 is 0 Å². The Morgan fingerprint density at radius 3 is 2.61 bits per heavy atom. The summed E-state index contributed by atoms with van der Waals surface area (Å²) in [6, 6.07) is 16.1. The van der Waals surface area contributed by atoms with Crippen LogP contribution in [0.5, 0.6) is 0 Å². The largest absolute Gasteiger partial charge is 0.369 e. The van der Waals surface area contributed by atoms with Gasteiger partial charge in [-0.2, -0.15) is 5.26 Å². The number of hydrogen-bond acceptors (Lipinski definition) is 4. The highest BCUT2D eigenvalue weighted by Crippen LogP contribution is 2.33. The van der Waals surface area contributed by atoms with Gasteiger partial charge in [0.15, 0.2) is 0 Å². The van der Waals surface area contributed by atoms with E-state index in [2.05, 4.69) is 34.9 Å². The Balaban J connectivity index is 1.30. The minimum absolute atomic E-state index is 0.187. The summed E-state index contributed by atoms with van der Waals surface area (Å²) < 4.78 is 2.03. The van der Waals surface area contributed by atoms with Crippen LogP contribution in [0.3, 0.4) is 0 Å². The van der Waals surface area contributed by atoms with Gasteiger partial charge in [-0.15, -0.1) is 0 Å². The maximum absolute atomic E-state index is 12.7. The second kappa shape index (κ2) is 8.31. The van der Waals surface area contributed by atoms with Crippen LogP contribution < -0.4 is 4.90 Å². The van der Waals surface area contributed by atoms with Gasteiger partial charge in [0, 0.05) is 56.7 Å². The zero-order chi connectivity index (χ0) is 19.5. The first-order valence-electron chi connectivity index (χ1n) is 9.77. The minimum Gasteiger partial charge on any atom is -0.369 e. The van der Waals surface area contributed by atoms with Crippen molar-refractivity contribution in [3.05, 3.63) is 64.7 Å². The average molecular weight is 392 g/mol. The number of hydrogen-bond donors (Lipinski definition) is 0. The molecule has 2 aromatic carbocycles. The van der Waals surface area contributed by atoms with Crippen molar-refractivity contribution in [3.8, 4) is 6.07 Å². The summed E-state index contributed by atoms with van der Waals surface area (Å²) in [5.41, 5.74) is 5.17. The first-order valence-corrected chi connectivity index (χ1v) is 10.9. The molecule has 2 heterocycles. The van der Waals surface area contributed by atoms with Gasteiger partial charge in [0.05, 0.1) is 11.6 Å². The molecule has 2 aliphatic heterocycles. The lowest BCUT2D eigenvalue weighted by Crippen LogP contribution is -2.48. The number of rotatable bonds is 4. The number of carbonyl (C=O) groups excluding carboxylic acids is 1. The van der Waals surface area contributed by atoms with Crippen LogP contribution in [0.4, 0.5) is 5.69 Å². The fraction of sp³-hybridized carbons (Fsp3) is 0.364. The van der Waals surface area contributed by atoms with Crippen LogP contribution in [0.2, 0.25) is 0 Å². The van der Waals surface area contributed by atoms with Gasteiger partial charge in [-0.25, -0.2) is 0 Å². The molecule has 28 heavy (non-hydrogen) atoms. The Morgan fingerprint density at radius 1 is 1.07 bits per heavy atom. The Hall–Kier alpha value is -2.41. The summed E-state index contributed by atoms with van der Waals surface area (Å²) in [6.45, 7) is 7.77. The molecule has 1 fully saturated rings. The first-order chi connectivity index (χ1) is 13.7. The highest BCUT2D eigenvalue weighted by atomic mass is 31.1. The molecule has 1 atom stereocenters. The van der Waals surface area contributed by atoms with Crippen molar-refractivity contribution in [3.63, 3.8) is 0 Å². The average Bonchev–Trinajstić information content (AvgIpc) is 2.74. The number of fused-ring (bicyclic) bond motifs is 1. The molecule has 1 unspecified atom stereocenters. The highest BCUT2D eigenvalue weighted by molar-refractivity contribution is 7.35. The molecule has 1 saturated heterocycles. The first kappa shape index (κ1) is 18.9. The Kier molecular flexibility index (Phi) is 5.62. The van der Waals surface area contributed by atoms with Crippen molar-refractivity contribution in [1.29, 1.82) is 5.26 Å². The van der Waals surface area contributed by atoms with Crippen molar-refractivity contribution in [2.24, 2.45) is 0 Å². The van der Waals surface area contributed by atoms with E-state index in [1.54, 1.807) is 0 Å². The molecule has 1 amide bonds. The number of anilines is 1. The molecule has 2 aromatic rings. The maximum atomic E-state index is 12.7. The van der Waals surface area contributed by atoms with Crippen molar-refractivity contribution in [1.82, 2.24) is 9.57 Å². The number of aryl methyl sites for hydroxylation is 1. The number of nitrogens with zero attached hydrogens (tertiary/aromatic N) is 4. The number of amides is 1. The van der Waals surface area contributed by atoms with Gasteiger partial charge in [0.2, 0.25) is 0 Å². The van der Waals surface area contributed by atoms with E-state index < -0.39 is 0 Å². The van der Waals surface area contributed by atoms with Gasteiger partial charge >= 0.3 is 0 Å². The molecule has 0 saturated carbocycles. The molecule has 5 nitrogen and oxygen atoms in total. The third-order valence-electron chi connectivity index (χ3n) is 5.63. The molecule has 144 valence electrons. The predicted octanol–water partition coefficient (Wildman–Crippen LogP) is 3.24. The van der Waals surface area contributed by atoms with E-state index in [-0.39, 0.29) is 5.91 Å². The van der Waals surface area contributed by atoms with Crippen LogP contribution in [0.15, 0.2) is 42.5 Å². The smallest absolute Gasteiger partial charge is 0.257 e. The lowest BCUT2D eigenvalue weighted by atomic mass is 10.1. The van der Waals surface area contributed by atoms with Crippen LogP contribution in [0.1, 0.15) is 27.0 Å². The summed E-state index contributed by atoms with van der Waals surface area (Å²) in [5.74, 6) is 0.187. The van der Waals surface area contributed by atoms with Gasteiger partial charge < -0.3 is 9.57 Å². The van der Waals surface area contributed by atoms with Crippen molar-refractivity contribution in [2.45, 2.75) is 13.1 Å². The second-order valence-electron chi connectivity index (χ2n) is 7.39. The van der Waals surface area contributed by atoms with Gasteiger partial charge in [-0.05, 0) is 51.0 Å². The summed E-state index contributed by atoms with van der Waals surface area (Å²) in [5, 5.41) is 9.04. The molecule has 0 N–H and O–H groups in total. The van der Waals surface area contributed by atoms with E-state index in [9.17, 15) is 4.79 Å². The second-order valence-corrected chi connectivity index (χ2v) is 8.60. The molecular weight excluding hydrogens is 367 g/mol.